The van der Waals surface area contributed by atoms with E-state index in [9.17, 15) is 9.59 Å². The summed E-state index contributed by atoms with van der Waals surface area (Å²) in [6.45, 7) is 1.92. The Balaban J connectivity index is 1.88. The lowest BCUT2D eigenvalue weighted by atomic mass is 10.2. The maximum atomic E-state index is 12.7. The predicted octanol–water partition coefficient (Wildman–Crippen LogP) is 3.42. The summed E-state index contributed by atoms with van der Waals surface area (Å²) in [5.41, 5.74) is 1.80. The van der Waals surface area contributed by atoms with E-state index in [2.05, 4.69) is 10.4 Å². The van der Waals surface area contributed by atoms with Crippen molar-refractivity contribution in [2.45, 2.75) is 19.4 Å². The molecule has 27 heavy (non-hydrogen) atoms. The van der Waals surface area contributed by atoms with Crippen LogP contribution < -0.4 is 5.32 Å². The fourth-order valence-electron chi connectivity index (χ4n) is 2.76. The number of amides is 1. The molecule has 0 unspecified atom stereocenters. The quantitative estimate of drug-likeness (QED) is 0.612. The summed E-state index contributed by atoms with van der Waals surface area (Å²) in [5, 5.41) is 8.32. The van der Waals surface area contributed by atoms with E-state index in [1.807, 2.05) is 54.3 Å². The first-order valence-electron chi connectivity index (χ1n) is 8.47. The van der Waals surface area contributed by atoms with E-state index in [0.717, 1.165) is 27.4 Å². The molecular weight excluding hydrogens is 382 g/mol. The van der Waals surface area contributed by atoms with E-state index in [0.29, 0.717) is 11.3 Å². The minimum absolute atomic E-state index is 0.272. The number of aryl methyl sites for hydroxylation is 1. The highest BCUT2D eigenvalue weighted by Crippen LogP contribution is 2.30. The summed E-state index contributed by atoms with van der Waals surface area (Å²) in [7, 11) is 1.33. The Morgan fingerprint density at radius 1 is 1.33 bits per heavy atom. The summed E-state index contributed by atoms with van der Waals surface area (Å²) in [6, 6.07) is 11.0. The number of ether oxygens (including phenoxy) is 1. The van der Waals surface area contributed by atoms with Gasteiger partial charge in [0.1, 0.15) is 10.9 Å². The van der Waals surface area contributed by atoms with E-state index in [4.69, 9.17) is 4.74 Å². The average molecular weight is 404 g/mol. The Morgan fingerprint density at radius 2 is 2.07 bits per heavy atom. The monoisotopic (exact) mass is 403 g/mol. The van der Waals surface area contributed by atoms with Gasteiger partial charge < -0.3 is 10.1 Å². The topological polar surface area (TPSA) is 73.2 Å². The van der Waals surface area contributed by atoms with Gasteiger partial charge in [-0.25, -0.2) is 9.48 Å². The van der Waals surface area contributed by atoms with Gasteiger partial charge in [-0.3, -0.25) is 4.79 Å². The highest BCUT2D eigenvalue weighted by atomic mass is 32.2. The lowest BCUT2D eigenvalue weighted by Crippen LogP contribution is -2.41. The molecular formula is C19H21N3O3S2. The Hall–Kier alpha value is -2.32. The molecule has 0 saturated heterocycles. The van der Waals surface area contributed by atoms with Crippen molar-refractivity contribution in [1.29, 1.82) is 0 Å². The third-order valence-electron chi connectivity index (χ3n) is 4.17. The fraction of sp³-hybridized carbons (Fsp3) is 0.316. The molecule has 142 valence electrons. The van der Waals surface area contributed by atoms with E-state index in [1.165, 1.54) is 18.4 Å². The molecule has 0 spiro atoms. The summed E-state index contributed by atoms with van der Waals surface area (Å²) in [4.78, 5) is 26.1. The summed E-state index contributed by atoms with van der Waals surface area (Å²) >= 11 is 2.98. The zero-order valence-corrected chi connectivity index (χ0v) is 17.0. The van der Waals surface area contributed by atoms with Crippen LogP contribution >= 0.6 is 23.1 Å². The molecule has 3 aromatic rings. The van der Waals surface area contributed by atoms with Crippen molar-refractivity contribution in [2.24, 2.45) is 0 Å². The molecule has 2 heterocycles. The van der Waals surface area contributed by atoms with E-state index < -0.39 is 12.0 Å². The molecule has 0 aliphatic heterocycles. The molecule has 1 amide bonds. The number of nitrogens with zero attached hydrogens (tertiary/aromatic N) is 2. The van der Waals surface area contributed by atoms with Gasteiger partial charge in [0.25, 0.3) is 5.91 Å². The molecule has 1 aromatic carbocycles. The molecule has 0 aliphatic carbocycles. The first-order valence-corrected chi connectivity index (χ1v) is 10.7. The molecule has 1 N–H and O–H groups in total. The Labute approximate surface area is 165 Å². The highest BCUT2D eigenvalue weighted by molar-refractivity contribution is 7.98. The largest absolute Gasteiger partial charge is 0.467 e. The van der Waals surface area contributed by atoms with Crippen molar-refractivity contribution >= 4 is 45.2 Å². The molecule has 0 aliphatic rings. The van der Waals surface area contributed by atoms with Crippen molar-refractivity contribution in [3.05, 3.63) is 47.0 Å². The second-order valence-electron chi connectivity index (χ2n) is 5.99. The SMILES string of the molecule is COC(=O)[C@H](CCSC)NC(=O)c1cc2c(C)nn(-c3ccccc3)c2s1. The molecule has 0 bridgehead atoms. The van der Waals surface area contributed by atoms with Crippen molar-refractivity contribution in [3.8, 4) is 5.69 Å². The number of benzene rings is 1. The van der Waals surface area contributed by atoms with E-state index in [1.54, 1.807) is 11.8 Å². The van der Waals surface area contributed by atoms with Gasteiger partial charge in [0.05, 0.1) is 23.4 Å². The Kier molecular flexibility index (Phi) is 6.18. The summed E-state index contributed by atoms with van der Waals surface area (Å²) < 4.78 is 6.66. The van der Waals surface area contributed by atoms with Crippen LogP contribution in [-0.4, -0.2) is 46.8 Å². The normalized spacial score (nSPS) is 12.1. The number of para-hydroxylation sites is 1. The predicted molar refractivity (Wildman–Crippen MR) is 110 cm³/mol. The van der Waals surface area contributed by atoms with E-state index in [-0.39, 0.29) is 5.91 Å². The number of thiophene rings is 1. The van der Waals surface area contributed by atoms with Crippen molar-refractivity contribution in [1.82, 2.24) is 15.1 Å². The Morgan fingerprint density at radius 3 is 2.74 bits per heavy atom. The first-order chi connectivity index (χ1) is 13.0. The zero-order chi connectivity index (χ0) is 19.4. The number of thioether (sulfide) groups is 1. The number of carbonyl (C=O) groups excluding carboxylic acids is 2. The van der Waals surface area contributed by atoms with Gasteiger partial charge in [0.15, 0.2) is 0 Å². The van der Waals surface area contributed by atoms with Crippen LogP contribution in [0.1, 0.15) is 21.8 Å². The Bertz CT molecular complexity index is 950. The van der Waals surface area contributed by atoms with Gasteiger partial charge in [-0.05, 0) is 43.6 Å². The van der Waals surface area contributed by atoms with Crippen LogP contribution in [0.15, 0.2) is 36.4 Å². The number of methoxy groups -OCH3 is 1. The minimum Gasteiger partial charge on any atom is -0.467 e. The van der Waals surface area contributed by atoms with Gasteiger partial charge in [0.2, 0.25) is 0 Å². The number of esters is 1. The average Bonchev–Trinajstić information content (AvgIpc) is 3.26. The third-order valence-corrected chi connectivity index (χ3v) is 5.92. The lowest BCUT2D eigenvalue weighted by molar-refractivity contribution is -0.142. The zero-order valence-electron chi connectivity index (χ0n) is 15.4. The molecule has 0 saturated carbocycles. The number of fused-ring (bicyclic) bond motifs is 1. The minimum atomic E-state index is -0.646. The van der Waals surface area contributed by atoms with Crippen LogP contribution in [0, 0.1) is 6.92 Å². The van der Waals surface area contributed by atoms with Gasteiger partial charge in [-0.1, -0.05) is 18.2 Å². The van der Waals surface area contributed by atoms with Gasteiger partial charge >= 0.3 is 5.97 Å². The highest BCUT2D eigenvalue weighted by Gasteiger charge is 2.24. The van der Waals surface area contributed by atoms with Crippen LogP contribution in [0.2, 0.25) is 0 Å². The second kappa shape index (κ2) is 8.58. The van der Waals surface area contributed by atoms with Crippen LogP contribution in [-0.2, 0) is 9.53 Å². The second-order valence-corrected chi connectivity index (χ2v) is 8.01. The standard InChI is InChI=1S/C19H21N3O3S2/c1-12-14-11-16(17(23)20-15(9-10-26-3)19(24)25-2)27-18(14)22(21-12)13-7-5-4-6-8-13/h4-8,11,15H,9-10H2,1-3H3,(H,20,23)/t15-/m0/s1. The van der Waals surface area contributed by atoms with Crippen LogP contribution in [0.4, 0.5) is 0 Å². The van der Waals surface area contributed by atoms with E-state index >= 15 is 0 Å². The fourth-order valence-corrected chi connectivity index (χ4v) is 4.32. The molecule has 0 radical (unpaired) electrons. The molecule has 0 fully saturated rings. The third kappa shape index (κ3) is 4.17. The van der Waals surface area contributed by atoms with Crippen molar-refractivity contribution in [3.63, 3.8) is 0 Å². The molecule has 3 rings (SSSR count). The summed E-state index contributed by atoms with van der Waals surface area (Å²) in [6.07, 6.45) is 2.49. The molecule has 8 heteroatoms. The number of hydrogen-bond donors (Lipinski definition) is 1. The maximum absolute atomic E-state index is 12.7. The van der Waals surface area contributed by atoms with Crippen molar-refractivity contribution in [2.75, 3.05) is 19.1 Å². The molecule has 2 aromatic heterocycles. The number of hydrogen-bond acceptors (Lipinski definition) is 6. The van der Waals surface area contributed by atoms with Crippen LogP contribution in [0.5, 0.6) is 0 Å². The number of carbonyl (C=O) groups is 2. The smallest absolute Gasteiger partial charge is 0.328 e. The number of nitrogens with one attached hydrogen (secondary N) is 1. The maximum Gasteiger partial charge on any atom is 0.328 e. The molecule has 1 atom stereocenters. The van der Waals surface area contributed by atoms with Crippen LogP contribution in [0.3, 0.4) is 0 Å². The van der Waals surface area contributed by atoms with Crippen LogP contribution in [0.25, 0.3) is 15.9 Å². The van der Waals surface area contributed by atoms with Gasteiger partial charge in [0, 0.05) is 5.39 Å². The van der Waals surface area contributed by atoms with Crippen molar-refractivity contribution < 1.29 is 14.3 Å². The molecule has 6 nitrogen and oxygen atoms in total. The lowest BCUT2D eigenvalue weighted by Gasteiger charge is -2.15. The number of aromatic nitrogens is 2. The van der Waals surface area contributed by atoms with Gasteiger partial charge in [-0.15, -0.1) is 11.3 Å². The van der Waals surface area contributed by atoms with Gasteiger partial charge in [-0.2, -0.15) is 16.9 Å². The number of rotatable bonds is 7. The first kappa shape index (κ1) is 19.4. The summed E-state index contributed by atoms with van der Waals surface area (Å²) in [5.74, 6) is 0.0611.